The lowest BCUT2D eigenvalue weighted by Crippen LogP contribution is -2.44. The highest BCUT2D eigenvalue weighted by molar-refractivity contribution is 9.10. The number of fused-ring (bicyclic) bond motifs is 1. The zero-order valence-electron chi connectivity index (χ0n) is 16.2. The zero-order valence-corrected chi connectivity index (χ0v) is 17.8. The third-order valence-electron chi connectivity index (χ3n) is 4.82. The molecule has 0 radical (unpaired) electrons. The maximum Gasteiger partial charge on any atom is 0.163 e. The number of halogens is 1. The van der Waals surface area contributed by atoms with Gasteiger partial charge in [0.1, 0.15) is 0 Å². The van der Waals surface area contributed by atoms with E-state index in [1.54, 1.807) is 13.3 Å². The first-order chi connectivity index (χ1) is 13.1. The van der Waals surface area contributed by atoms with Crippen molar-refractivity contribution in [1.82, 2.24) is 14.8 Å². The lowest BCUT2D eigenvalue weighted by molar-refractivity contribution is 0.145. The minimum Gasteiger partial charge on any atom is -0.493 e. The molecule has 3 rings (SSSR count). The molecule has 0 bridgehead atoms. The van der Waals surface area contributed by atoms with Gasteiger partial charge in [-0.05, 0) is 42.4 Å². The molecule has 144 valence electrons. The Morgan fingerprint density at radius 3 is 2.67 bits per heavy atom. The summed E-state index contributed by atoms with van der Waals surface area (Å²) in [6.45, 7) is 8.10. The van der Waals surface area contributed by atoms with Crippen LogP contribution in [0.4, 0.5) is 0 Å². The number of ether oxygens (including phenoxy) is 2. The van der Waals surface area contributed by atoms with Gasteiger partial charge in [0.25, 0.3) is 0 Å². The SMILES string of the molecule is CC#Cc1cnc2cc(OCCCN3CCN(C)CC3)c(OC)cc2c1Br. The van der Waals surface area contributed by atoms with Crippen LogP contribution in [0.5, 0.6) is 11.5 Å². The molecule has 2 heterocycles. The van der Waals surface area contributed by atoms with Crippen LogP contribution in [0.15, 0.2) is 22.8 Å². The first kappa shape index (κ1) is 19.9. The maximum absolute atomic E-state index is 6.02. The minimum absolute atomic E-state index is 0.661. The molecule has 1 aromatic carbocycles. The Hall–Kier alpha value is -1.81. The number of hydrogen-bond acceptors (Lipinski definition) is 5. The first-order valence-corrected chi connectivity index (χ1v) is 10.0. The molecular weight excluding hydrogens is 406 g/mol. The van der Waals surface area contributed by atoms with Crippen LogP contribution in [0.1, 0.15) is 18.9 Å². The topological polar surface area (TPSA) is 37.8 Å². The number of hydrogen-bond donors (Lipinski definition) is 0. The van der Waals surface area contributed by atoms with Gasteiger partial charge in [-0.2, -0.15) is 0 Å². The van der Waals surface area contributed by atoms with E-state index in [4.69, 9.17) is 9.47 Å². The summed E-state index contributed by atoms with van der Waals surface area (Å²) in [5.74, 6) is 7.41. The number of benzene rings is 1. The zero-order chi connectivity index (χ0) is 19.2. The third-order valence-corrected chi connectivity index (χ3v) is 5.67. The number of nitrogens with zero attached hydrogens (tertiary/aromatic N) is 3. The molecule has 6 heteroatoms. The monoisotopic (exact) mass is 431 g/mol. The van der Waals surface area contributed by atoms with Crippen molar-refractivity contribution in [2.75, 3.05) is 53.5 Å². The molecule has 1 aliphatic rings. The van der Waals surface area contributed by atoms with Gasteiger partial charge in [-0.3, -0.25) is 4.98 Å². The molecule has 0 atom stereocenters. The van der Waals surface area contributed by atoms with Gasteiger partial charge < -0.3 is 19.3 Å². The van der Waals surface area contributed by atoms with Crippen LogP contribution in [-0.2, 0) is 0 Å². The fourth-order valence-corrected chi connectivity index (χ4v) is 3.72. The van der Waals surface area contributed by atoms with Crippen LogP contribution in [0.25, 0.3) is 10.9 Å². The van der Waals surface area contributed by atoms with E-state index in [9.17, 15) is 0 Å². The van der Waals surface area contributed by atoms with Crippen molar-refractivity contribution in [2.45, 2.75) is 13.3 Å². The quantitative estimate of drug-likeness (QED) is 0.517. The van der Waals surface area contributed by atoms with Crippen molar-refractivity contribution in [1.29, 1.82) is 0 Å². The normalized spacial score (nSPS) is 15.4. The minimum atomic E-state index is 0.661. The summed E-state index contributed by atoms with van der Waals surface area (Å²) in [5, 5.41) is 0.969. The molecule has 5 nitrogen and oxygen atoms in total. The van der Waals surface area contributed by atoms with E-state index in [1.165, 1.54) is 0 Å². The Morgan fingerprint density at radius 2 is 1.96 bits per heavy atom. The van der Waals surface area contributed by atoms with Crippen LogP contribution in [0.2, 0.25) is 0 Å². The van der Waals surface area contributed by atoms with Crippen LogP contribution < -0.4 is 9.47 Å². The summed E-state index contributed by atoms with van der Waals surface area (Å²) in [5.41, 5.74) is 1.73. The Bertz CT molecular complexity index is 852. The fourth-order valence-electron chi connectivity index (χ4n) is 3.20. The first-order valence-electron chi connectivity index (χ1n) is 9.25. The molecule has 1 aromatic heterocycles. The molecule has 1 fully saturated rings. The van der Waals surface area contributed by atoms with Gasteiger partial charge in [0.15, 0.2) is 11.5 Å². The summed E-state index contributed by atoms with van der Waals surface area (Å²) in [4.78, 5) is 9.39. The van der Waals surface area contributed by atoms with Crippen molar-refractivity contribution in [3.8, 4) is 23.3 Å². The summed E-state index contributed by atoms with van der Waals surface area (Å²) in [6.07, 6.45) is 2.78. The van der Waals surface area contributed by atoms with E-state index in [0.29, 0.717) is 12.4 Å². The van der Waals surface area contributed by atoms with Crippen LogP contribution >= 0.6 is 15.9 Å². The van der Waals surface area contributed by atoms with E-state index >= 15 is 0 Å². The number of rotatable bonds is 6. The van der Waals surface area contributed by atoms with Gasteiger partial charge in [0.2, 0.25) is 0 Å². The molecule has 0 spiro atoms. The average molecular weight is 432 g/mol. The molecule has 1 saturated heterocycles. The molecule has 0 saturated carbocycles. The summed E-state index contributed by atoms with van der Waals surface area (Å²) in [6, 6.07) is 3.90. The standard InChI is InChI=1S/C21H26BrN3O2/c1-4-6-16-15-23-18-14-20(19(26-3)13-17(18)21(16)22)27-12-5-7-25-10-8-24(2)9-11-25/h13-15H,5,7-12H2,1-3H3. The molecule has 2 aromatic rings. The summed E-state index contributed by atoms with van der Waals surface area (Å²) < 4.78 is 12.5. The Labute approximate surface area is 169 Å². The largest absolute Gasteiger partial charge is 0.493 e. The van der Waals surface area contributed by atoms with Crippen LogP contribution in [-0.4, -0.2) is 68.3 Å². The predicted octanol–water partition coefficient (Wildman–Crippen LogP) is 3.39. The van der Waals surface area contributed by atoms with Gasteiger partial charge in [0.05, 0.1) is 24.8 Å². The predicted molar refractivity (Wildman–Crippen MR) is 113 cm³/mol. The van der Waals surface area contributed by atoms with Crippen LogP contribution in [0, 0.1) is 11.8 Å². The number of likely N-dealkylation sites (N-methyl/N-ethyl adjacent to an activating group) is 1. The lowest BCUT2D eigenvalue weighted by atomic mass is 10.1. The second kappa shape index (κ2) is 9.41. The smallest absolute Gasteiger partial charge is 0.163 e. The highest BCUT2D eigenvalue weighted by Gasteiger charge is 2.14. The molecule has 1 aliphatic heterocycles. The van der Waals surface area contributed by atoms with E-state index in [1.807, 2.05) is 19.1 Å². The van der Waals surface area contributed by atoms with E-state index in [0.717, 1.165) is 65.8 Å². The molecule has 0 aliphatic carbocycles. The van der Waals surface area contributed by atoms with E-state index < -0.39 is 0 Å². The highest BCUT2D eigenvalue weighted by atomic mass is 79.9. The second-order valence-corrected chi connectivity index (χ2v) is 7.52. The Balaban J connectivity index is 1.66. The van der Waals surface area contributed by atoms with Crippen molar-refractivity contribution in [3.05, 3.63) is 28.4 Å². The average Bonchev–Trinajstić information content (AvgIpc) is 2.68. The Morgan fingerprint density at radius 1 is 1.19 bits per heavy atom. The van der Waals surface area contributed by atoms with E-state index in [-0.39, 0.29) is 0 Å². The highest BCUT2D eigenvalue weighted by Crippen LogP contribution is 2.35. The second-order valence-electron chi connectivity index (χ2n) is 6.73. The number of methoxy groups -OCH3 is 1. The maximum atomic E-state index is 6.02. The van der Waals surface area contributed by atoms with Gasteiger partial charge in [-0.1, -0.05) is 5.92 Å². The summed E-state index contributed by atoms with van der Waals surface area (Å²) >= 11 is 3.64. The number of aromatic nitrogens is 1. The lowest BCUT2D eigenvalue weighted by Gasteiger charge is -2.32. The van der Waals surface area contributed by atoms with Crippen molar-refractivity contribution in [2.24, 2.45) is 0 Å². The van der Waals surface area contributed by atoms with Crippen LogP contribution in [0.3, 0.4) is 0 Å². The van der Waals surface area contributed by atoms with Crippen molar-refractivity contribution >= 4 is 26.8 Å². The van der Waals surface area contributed by atoms with Gasteiger partial charge in [0, 0.05) is 54.8 Å². The van der Waals surface area contributed by atoms with Crippen molar-refractivity contribution < 1.29 is 9.47 Å². The van der Waals surface area contributed by atoms with Crippen molar-refractivity contribution in [3.63, 3.8) is 0 Å². The molecular formula is C21H26BrN3O2. The Kier molecular flexibility index (Phi) is 6.95. The van der Waals surface area contributed by atoms with Gasteiger partial charge >= 0.3 is 0 Å². The summed E-state index contributed by atoms with van der Waals surface area (Å²) in [7, 11) is 3.84. The molecule has 0 amide bonds. The molecule has 0 unspecified atom stereocenters. The third kappa shape index (κ3) is 4.92. The number of pyridine rings is 1. The molecule has 0 N–H and O–H groups in total. The van der Waals surface area contributed by atoms with E-state index in [2.05, 4.69) is 49.6 Å². The fraction of sp³-hybridized carbons (Fsp3) is 0.476. The van der Waals surface area contributed by atoms with Gasteiger partial charge in [-0.15, -0.1) is 5.92 Å². The molecule has 27 heavy (non-hydrogen) atoms. The van der Waals surface area contributed by atoms with Gasteiger partial charge in [-0.25, -0.2) is 0 Å². The number of piperazine rings is 1.